The second-order valence-electron chi connectivity index (χ2n) is 5.04. The Hall–Kier alpha value is -0.580. The summed E-state index contributed by atoms with van der Waals surface area (Å²) in [5, 5.41) is 0. The van der Waals surface area contributed by atoms with Gasteiger partial charge >= 0.3 is 0 Å². The van der Waals surface area contributed by atoms with Crippen LogP contribution in [0.3, 0.4) is 0 Å². The molecule has 1 aromatic rings. The molecular formula is C14H20ClNO2S. The van der Waals surface area contributed by atoms with Crippen molar-refractivity contribution in [2.75, 3.05) is 6.54 Å². The van der Waals surface area contributed by atoms with E-state index in [1.165, 1.54) is 0 Å². The lowest BCUT2D eigenvalue weighted by atomic mass is 10.1. The van der Waals surface area contributed by atoms with Crippen molar-refractivity contribution in [1.29, 1.82) is 0 Å². The Labute approximate surface area is 120 Å². The standard InChI is InChI=1S/C14H20ClNO2S/c1-3-13-7-6-12(10-15)9-14(13)19(17,18)16-8-4-5-11(16)2/h6-7,9,11H,3-5,8,10H2,1-2H3. The Bertz CT molecular complexity index is 557. The summed E-state index contributed by atoms with van der Waals surface area (Å²) in [5.41, 5.74) is 1.72. The molecule has 106 valence electrons. The summed E-state index contributed by atoms with van der Waals surface area (Å²) in [6, 6.07) is 5.60. The molecule has 5 heteroatoms. The maximum atomic E-state index is 12.8. The topological polar surface area (TPSA) is 37.4 Å². The van der Waals surface area contributed by atoms with Gasteiger partial charge in [0, 0.05) is 18.5 Å². The van der Waals surface area contributed by atoms with Crippen LogP contribution in [-0.2, 0) is 22.3 Å². The minimum atomic E-state index is -3.39. The maximum absolute atomic E-state index is 12.8. The van der Waals surface area contributed by atoms with Crippen molar-refractivity contribution in [1.82, 2.24) is 4.31 Å². The highest BCUT2D eigenvalue weighted by Crippen LogP contribution is 2.29. The minimum absolute atomic E-state index is 0.0920. The highest BCUT2D eigenvalue weighted by Gasteiger charge is 2.33. The molecule has 0 saturated carbocycles. The van der Waals surface area contributed by atoms with E-state index < -0.39 is 10.0 Å². The number of benzene rings is 1. The largest absolute Gasteiger partial charge is 0.243 e. The molecule has 1 aliphatic rings. The SMILES string of the molecule is CCc1ccc(CCl)cc1S(=O)(=O)N1CCCC1C. The first-order valence-corrected chi connectivity index (χ1v) is 8.67. The highest BCUT2D eigenvalue weighted by atomic mass is 35.5. The molecule has 1 unspecified atom stereocenters. The van der Waals surface area contributed by atoms with Crippen molar-refractivity contribution in [2.45, 2.75) is 49.9 Å². The number of nitrogens with zero attached hydrogens (tertiary/aromatic N) is 1. The van der Waals surface area contributed by atoms with Crippen LogP contribution in [0, 0.1) is 0 Å². The molecule has 0 N–H and O–H groups in total. The summed E-state index contributed by atoms with van der Waals surface area (Å²) >= 11 is 5.82. The van der Waals surface area contributed by atoms with Crippen LogP contribution in [0.15, 0.2) is 23.1 Å². The molecule has 1 heterocycles. The number of halogens is 1. The molecule has 2 rings (SSSR count). The number of hydrogen-bond donors (Lipinski definition) is 0. The van der Waals surface area contributed by atoms with E-state index in [1.807, 2.05) is 26.0 Å². The third kappa shape index (κ3) is 2.81. The van der Waals surface area contributed by atoms with Crippen molar-refractivity contribution in [3.05, 3.63) is 29.3 Å². The van der Waals surface area contributed by atoms with Crippen molar-refractivity contribution >= 4 is 21.6 Å². The Balaban J connectivity index is 2.49. The van der Waals surface area contributed by atoms with Crippen molar-refractivity contribution < 1.29 is 8.42 Å². The molecule has 1 fully saturated rings. The minimum Gasteiger partial charge on any atom is -0.207 e. The first-order valence-electron chi connectivity index (χ1n) is 6.70. The van der Waals surface area contributed by atoms with Gasteiger partial charge in [-0.3, -0.25) is 0 Å². The summed E-state index contributed by atoms with van der Waals surface area (Å²) in [4.78, 5) is 0.432. The van der Waals surface area contributed by atoms with Crippen LogP contribution in [0.4, 0.5) is 0 Å². The number of hydrogen-bond acceptors (Lipinski definition) is 2. The Kier molecular flexibility index (Phi) is 4.54. The molecule has 1 atom stereocenters. The van der Waals surface area contributed by atoms with Crippen LogP contribution in [0.2, 0.25) is 0 Å². The molecule has 0 amide bonds. The lowest BCUT2D eigenvalue weighted by Gasteiger charge is -2.22. The number of sulfonamides is 1. The van der Waals surface area contributed by atoms with Crippen molar-refractivity contribution in [2.24, 2.45) is 0 Å². The van der Waals surface area contributed by atoms with Gasteiger partial charge in [-0.15, -0.1) is 11.6 Å². The zero-order valence-electron chi connectivity index (χ0n) is 11.4. The van der Waals surface area contributed by atoms with E-state index in [1.54, 1.807) is 10.4 Å². The lowest BCUT2D eigenvalue weighted by Crippen LogP contribution is -2.34. The van der Waals surface area contributed by atoms with E-state index in [2.05, 4.69) is 0 Å². The number of alkyl halides is 1. The van der Waals surface area contributed by atoms with Gasteiger partial charge in [-0.2, -0.15) is 4.31 Å². The second kappa shape index (κ2) is 5.81. The predicted octanol–water partition coefficient (Wildman–Crippen LogP) is 3.16. The first-order chi connectivity index (χ1) is 9.00. The number of aryl methyl sites for hydroxylation is 1. The fourth-order valence-corrected chi connectivity index (χ4v) is 4.82. The van der Waals surface area contributed by atoms with E-state index >= 15 is 0 Å². The lowest BCUT2D eigenvalue weighted by molar-refractivity contribution is 0.408. The quantitative estimate of drug-likeness (QED) is 0.801. The Morgan fingerprint density at radius 3 is 2.68 bits per heavy atom. The van der Waals surface area contributed by atoms with Gasteiger partial charge in [0.15, 0.2) is 0 Å². The van der Waals surface area contributed by atoms with E-state index in [0.717, 1.165) is 24.0 Å². The van der Waals surface area contributed by atoms with E-state index in [-0.39, 0.29) is 6.04 Å². The normalized spacial score (nSPS) is 20.9. The summed E-state index contributed by atoms with van der Waals surface area (Å²) < 4.78 is 27.2. The van der Waals surface area contributed by atoms with Crippen molar-refractivity contribution in [3.63, 3.8) is 0 Å². The molecule has 1 aliphatic heterocycles. The Morgan fingerprint density at radius 2 is 2.16 bits per heavy atom. The fraction of sp³-hybridized carbons (Fsp3) is 0.571. The van der Waals surface area contributed by atoms with E-state index in [4.69, 9.17) is 11.6 Å². The third-order valence-electron chi connectivity index (χ3n) is 3.75. The molecule has 0 spiro atoms. The van der Waals surface area contributed by atoms with Gasteiger partial charge in [0.25, 0.3) is 0 Å². The summed E-state index contributed by atoms with van der Waals surface area (Å²) in [7, 11) is -3.39. The van der Waals surface area contributed by atoms with Crippen LogP contribution in [0.5, 0.6) is 0 Å². The zero-order valence-corrected chi connectivity index (χ0v) is 13.0. The molecular weight excluding hydrogens is 282 g/mol. The molecule has 0 bridgehead atoms. The van der Waals surface area contributed by atoms with Gasteiger partial charge in [0.2, 0.25) is 10.0 Å². The average Bonchev–Trinajstić information content (AvgIpc) is 2.85. The second-order valence-corrected chi connectivity index (χ2v) is 7.16. The van der Waals surface area contributed by atoms with Crippen LogP contribution >= 0.6 is 11.6 Å². The van der Waals surface area contributed by atoms with Crippen LogP contribution in [0.25, 0.3) is 0 Å². The van der Waals surface area contributed by atoms with Gasteiger partial charge < -0.3 is 0 Å². The molecule has 0 aliphatic carbocycles. The van der Waals surface area contributed by atoms with Gasteiger partial charge in [0.05, 0.1) is 4.90 Å². The molecule has 1 aromatic carbocycles. The summed E-state index contributed by atoms with van der Waals surface area (Å²) in [6.07, 6.45) is 2.59. The fourth-order valence-electron chi connectivity index (χ4n) is 2.60. The van der Waals surface area contributed by atoms with Gasteiger partial charge in [-0.05, 0) is 43.4 Å². The average molecular weight is 302 g/mol. The molecule has 0 radical (unpaired) electrons. The highest BCUT2D eigenvalue weighted by molar-refractivity contribution is 7.89. The van der Waals surface area contributed by atoms with Gasteiger partial charge in [-0.1, -0.05) is 19.1 Å². The molecule has 3 nitrogen and oxygen atoms in total. The monoisotopic (exact) mass is 301 g/mol. The smallest absolute Gasteiger partial charge is 0.207 e. The number of rotatable bonds is 4. The summed E-state index contributed by atoms with van der Waals surface area (Å²) in [6.45, 7) is 4.57. The molecule has 19 heavy (non-hydrogen) atoms. The van der Waals surface area contributed by atoms with E-state index in [9.17, 15) is 8.42 Å². The first kappa shape index (κ1) is 14.8. The Morgan fingerprint density at radius 1 is 1.42 bits per heavy atom. The van der Waals surface area contributed by atoms with E-state index in [0.29, 0.717) is 23.7 Å². The van der Waals surface area contributed by atoms with Gasteiger partial charge in [0.1, 0.15) is 0 Å². The van der Waals surface area contributed by atoms with Crippen LogP contribution in [-0.4, -0.2) is 25.3 Å². The molecule has 0 aromatic heterocycles. The third-order valence-corrected chi connectivity index (χ3v) is 6.15. The predicted molar refractivity (Wildman–Crippen MR) is 78.0 cm³/mol. The summed E-state index contributed by atoms with van der Waals surface area (Å²) in [5.74, 6) is 0.335. The van der Waals surface area contributed by atoms with Crippen LogP contribution in [0.1, 0.15) is 37.8 Å². The van der Waals surface area contributed by atoms with Crippen molar-refractivity contribution in [3.8, 4) is 0 Å². The zero-order chi connectivity index (χ0) is 14.0. The van der Waals surface area contributed by atoms with Crippen LogP contribution < -0.4 is 0 Å². The molecule has 1 saturated heterocycles. The maximum Gasteiger partial charge on any atom is 0.243 e. The van der Waals surface area contributed by atoms with Gasteiger partial charge in [-0.25, -0.2) is 8.42 Å².